The summed E-state index contributed by atoms with van der Waals surface area (Å²) in [5.74, 6) is 0.793. The van der Waals surface area contributed by atoms with Crippen molar-refractivity contribution in [2.24, 2.45) is 11.3 Å². The monoisotopic (exact) mass is 257 g/mol. The van der Waals surface area contributed by atoms with Crippen LogP contribution in [0.15, 0.2) is 0 Å². The highest BCUT2D eigenvalue weighted by atomic mass is 32.2. The minimum atomic E-state index is -0.702. The van der Waals surface area contributed by atoms with Crippen LogP contribution in [0.25, 0.3) is 0 Å². The molecule has 0 aromatic heterocycles. The Morgan fingerprint density at radius 2 is 1.94 bits per heavy atom. The molecule has 1 saturated carbocycles. The molecule has 1 saturated heterocycles. The molecule has 0 aromatic carbocycles. The van der Waals surface area contributed by atoms with Crippen LogP contribution in [0.3, 0.4) is 0 Å². The van der Waals surface area contributed by atoms with Gasteiger partial charge in [-0.3, -0.25) is 10.1 Å². The van der Waals surface area contributed by atoms with Crippen molar-refractivity contribution in [3.05, 3.63) is 0 Å². The summed E-state index contributed by atoms with van der Waals surface area (Å²) in [4.78, 5) is 11.0. The molecule has 1 heterocycles. The standard InChI is InChI=1S/C13H23NO2S/c1-12(2,3)9-4-6-13(7-5-9)14-10(8-17-13)11(15)16/h9-10,14H,4-8H2,1-3H3,(H,15,16)/t9?,10-,13?/m1/s1. The second-order valence-corrected chi connectivity index (χ2v) is 7.88. The Hall–Kier alpha value is -0.220. The molecule has 3 nitrogen and oxygen atoms in total. The highest BCUT2D eigenvalue weighted by Gasteiger charge is 2.45. The lowest BCUT2D eigenvalue weighted by Crippen LogP contribution is -2.48. The first kappa shape index (κ1) is 13.2. The van der Waals surface area contributed by atoms with Gasteiger partial charge in [-0.15, -0.1) is 11.8 Å². The summed E-state index contributed by atoms with van der Waals surface area (Å²) in [5, 5.41) is 12.4. The molecule has 2 fully saturated rings. The Bertz CT molecular complexity index is 303. The van der Waals surface area contributed by atoms with Crippen LogP contribution in [-0.2, 0) is 4.79 Å². The molecule has 1 atom stereocenters. The Morgan fingerprint density at radius 3 is 2.35 bits per heavy atom. The maximum atomic E-state index is 11.0. The SMILES string of the molecule is CC(C)(C)C1CCC2(CC1)N[C@@H](C(=O)O)CS2. The third-order valence-electron chi connectivity index (χ3n) is 4.28. The number of aliphatic carboxylic acids is 1. The average Bonchev–Trinajstić information content (AvgIpc) is 2.62. The predicted octanol–water partition coefficient (Wildman–Crippen LogP) is 2.71. The van der Waals surface area contributed by atoms with E-state index in [2.05, 4.69) is 26.1 Å². The van der Waals surface area contributed by atoms with Gasteiger partial charge >= 0.3 is 5.97 Å². The summed E-state index contributed by atoms with van der Waals surface area (Å²) < 4.78 is 0. The van der Waals surface area contributed by atoms with Crippen LogP contribution >= 0.6 is 11.8 Å². The number of carboxylic acid groups (broad SMARTS) is 1. The van der Waals surface area contributed by atoms with Gasteiger partial charge in [0.1, 0.15) is 6.04 Å². The molecule has 1 spiro atoms. The van der Waals surface area contributed by atoms with Crippen molar-refractivity contribution < 1.29 is 9.90 Å². The first-order valence-corrected chi connectivity index (χ1v) is 7.45. The fourth-order valence-corrected chi connectivity index (χ4v) is 4.48. The van der Waals surface area contributed by atoms with E-state index in [0.717, 1.165) is 24.5 Å². The number of rotatable bonds is 1. The van der Waals surface area contributed by atoms with Gasteiger partial charge in [0.05, 0.1) is 4.87 Å². The van der Waals surface area contributed by atoms with Crippen molar-refractivity contribution in [3.63, 3.8) is 0 Å². The van der Waals surface area contributed by atoms with Crippen LogP contribution in [0.1, 0.15) is 46.5 Å². The quantitative estimate of drug-likeness (QED) is 0.758. The van der Waals surface area contributed by atoms with Gasteiger partial charge in [0, 0.05) is 5.75 Å². The van der Waals surface area contributed by atoms with Gasteiger partial charge in [-0.1, -0.05) is 20.8 Å². The van der Waals surface area contributed by atoms with Crippen molar-refractivity contribution in [3.8, 4) is 0 Å². The highest BCUT2D eigenvalue weighted by molar-refractivity contribution is 8.00. The summed E-state index contributed by atoms with van der Waals surface area (Å²) in [7, 11) is 0. The zero-order chi connectivity index (χ0) is 12.7. The predicted molar refractivity (Wildman–Crippen MR) is 71.2 cm³/mol. The second kappa shape index (κ2) is 4.47. The van der Waals surface area contributed by atoms with E-state index in [4.69, 9.17) is 5.11 Å². The molecular weight excluding hydrogens is 234 g/mol. The Balaban J connectivity index is 1.93. The Morgan fingerprint density at radius 1 is 1.35 bits per heavy atom. The third kappa shape index (κ3) is 2.79. The smallest absolute Gasteiger partial charge is 0.321 e. The topological polar surface area (TPSA) is 49.3 Å². The molecule has 0 radical (unpaired) electrons. The minimum absolute atomic E-state index is 0.0603. The lowest BCUT2D eigenvalue weighted by Gasteiger charge is -2.42. The molecular formula is C13H23NO2S. The van der Waals surface area contributed by atoms with Crippen molar-refractivity contribution >= 4 is 17.7 Å². The highest BCUT2D eigenvalue weighted by Crippen LogP contribution is 2.48. The molecule has 0 amide bonds. The fraction of sp³-hybridized carbons (Fsp3) is 0.923. The zero-order valence-electron chi connectivity index (χ0n) is 11.0. The number of carbonyl (C=O) groups is 1. The van der Waals surface area contributed by atoms with Gasteiger partial charge in [0.2, 0.25) is 0 Å². The second-order valence-electron chi connectivity index (χ2n) is 6.48. The molecule has 17 heavy (non-hydrogen) atoms. The summed E-state index contributed by atoms with van der Waals surface area (Å²) in [5.41, 5.74) is 0.386. The maximum Gasteiger partial charge on any atom is 0.321 e. The van der Waals surface area contributed by atoms with Gasteiger partial charge in [-0.25, -0.2) is 0 Å². The van der Waals surface area contributed by atoms with Crippen molar-refractivity contribution in [1.82, 2.24) is 5.32 Å². The Kier molecular flexibility index (Phi) is 3.47. The number of carboxylic acids is 1. The van der Waals surface area contributed by atoms with Crippen molar-refractivity contribution in [1.29, 1.82) is 0 Å². The molecule has 2 rings (SSSR count). The summed E-state index contributed by atoms with van der Waals surface area (Å²) in [6.45, 7) is 6.93. The van der Waals surface area contributed by atoms with Crippen molar-refractivity contribution in [2.75, 3.05) is 5.75 Å². The first-order chi connectivity index (χ1) is 7.82. The number of hydrogen-bond acceptors (Lipinski definition) is 3. The van der Waals surface area contributed by atoms with Crippen LogP contribution in [-0.4, -0.2) is 27.7 Å². The van der Waals surface area contributed by atoms with E-state index in [1.165, 1.54) is 12.8 Å². The molecule has 1 aliphatic carbocycles. The lowest BCUT2D eigenvalue weighted by molar-refractivity contribution is -0.139. The van der Waals surface area contributed by atoms with Crippen LogP contribution in [0.2, 0.25) is 0 Å². The van der Waals surface area contributed by atoms with Gasteiger partial charge < -0.3 is 5.11 Å². The fourth-order valence-electron chi connectivity index (χ4n) is 3.02. The molecule has 2 N–H and O–H groups in total. The number of hydrogen-bond donors (Lipinski definition) is 2. The van der Waals surface area contributed by atoms with Crippen LogP contribution in [0, 0.1) is 11.3 Å². The van der Waals surface area contributed by atoms with E-state index in [9.17, 15) is 4.79 Å². The minimum Gasteiger partial charge on any atom is -0.480 e. The Labute approximate surface area is 108 Å². The summed E-state index contributed by atoms with van der Waals surface area (Å²) >= 11 is 1.82. The van der Waals surface area contributed by atoms with E-state index < -0.39 is 5.97 Å². The summed E-state index contributed by atoms with van der Waals surface area (Å²) in [6, 6.07) is -0.341. The van der Waals surface area contributed by atoms with Gasteiger partial charge in [-0.05, 0) is 37.0 Å². The molecule has 4 heteroatoms. The largest absolute Gasteiger partial charge is 0.480 e. The maximum absolute atomic E-state index is 11.0. The van der Waals surface area contributed by atoms with E-state index in [1.807, 2.05) is 11.8 Å². The molecule has 1 aliphatic heterocycles. The molecule has 0 unspecified atom stereocenters. The summed E-state index contributed by atoms with van der Waals surface area (Å²) in [6.07, 6.45) is 4.67. The van der Waals surface area contributed by atoms with E-state index in [-0.39, 0.29) is 10.9 Å². The zero-order valence-corrected chi connectivity index (χ0v) is 11.8. The normalized spacial score (nSPS) is 38.5. The average molecular weight is 257 g/mol. The van der Waals surface area contributed by atoms with E-state index in [0.29, 0.717) is 5.41 Å². The van der Waals surface area contributed by atoms with Crippen LogP contribution in [0.4, 0.5) is 0 Å². The molecule has 98 valence electrons. The van der Waals surface area contributed by atoms with Gasteiger partial charge in [0.25, 0.3) is 0 Å². The van der Waals surface area contributed by atoms with Gasteiger partial charge in [0.15, 0.2) is 0 Å². The molecule has 0 bridgehead atoms. The number of nitrogens with one attached hydrogen (secondary N) is 1. The lowest BCUT2D eigenvalue weighted by atomic mass is 9.71. The molecule has 0 aromatic rings. The van der Waals surface area contributed by atoms with E-state index >= 15 is 0 Å². The third-order valence-corrected chi connectivity index (χ3v) is 5.86. The van der Waals surface area contributed by atoms with Crippen LogP contribution in [0.5, 0.6) is 0 Å². The number of thioether (sulfide) groups is 1. The van der Waals surface area contributed by atoms with Crippen molar-refractivity contribution in [2.45, 2.75) is 57.4 Å². The molecule has 2 aliphatic rings. The van der Waals surface area contributed by atoms with E-state index in [1.54, 1.807) is 0 Å². The van der Waals surface area contributed by atoms with Crippen LogP contribution < -0.4 is 5.32 Å². The first-order valence-electron chi connectivity index (χ1n) is 6.47. The van der Waals surface area contributed by atoms with Gasteiger partial charge in [-0.2, -0.15) is 0 Å².